The maximum absolute atomic E-state index is 13.0. The first-order valence-corrected chi connectivity index (χ1v) is 15.6. The molecule has 0 radical (unpaired) electrons. The van der Waals surface area contributed by atoms with E-state index in [1.165, 1.54) is 11.1 Å². The van der Waals surface area contributed by atoms with Gasteiger partial charge in [-0.3, -0.25) is 14.4 Å². The van der Waals surface area contributed by atoms with Crippen LogP contribution in [0.5, 0.6) is 0 Å². The number of carbonyl (C=O) groups is 3. The highest BCUT2D eigenvalue weighted by atomic mass is 16.7. The highest BCUT2D eigenvalue weighted by Gasteiger charge is 2.26. The molecule has 1 N–H and O–H groups in total. The van der Waals surface area contributed by atoms with E-state index in [1.54, 1.807) is 20.8 Å². The summed E-state index contributed by atoms with van der Waals surface area (Å²) in [4.78, 5) is 43.8. The molecule has 1 fully saturated rings. The van der Waals surface area contributed by atoms with Crippen molar-refractivity contribution in [1.82, 2.24) is 9.88 Å². The van der Waals surface area contributed by atoms with Gasteiger partial charge < -0.3 is 19.7 Å². The molecule has 0 aliphatic carbocycles. The number of esters is 2. The van der Waals surface area contributed by atoms with E-state index in [0.717, 1.165) is 69.7 Å². The van der Waals surface area contributed by atoms with Crippen LogP contribution in [0.15, 0.2) is 42.5 Å². The Bertz CT molecular complexity index is 1190. The number of nitrogens with one attached hydrogen (secondary N) is 1. The number of amides is 1. The number of carbonyl (C=O) groups excluding carboxylic acids is 3. The van der Waals surface area contributed by atoms with E-state index in [0.29, 0.717) is 37.5 Å². The average molecular weight is 578 g/mol. The minimum absolute atomic E-state index is 0.215. The van der Waals surface area contributed by atoms with Crippen LogP contribution >= 0.6 is 0 Å². The van der Waals surface area contributed by atoms with Gasteiger partial charge in [-0.1, -0.05) is 36.4 Å². The molecule has 1 aromatic heterocycles. The molecule has 2 aliphatic heterocycles. The molecule has 4 rings (SSSR count). The molecule has 1 aromatic carbocycles. The van der Waals surface area contributed by atoms with Gasteiger partial charge >= 0.3 is 11.9 Å². The number of nitrogens with zero attached hydrogens (tertiary/aromatic N) is 2. The van der Waals surface area contributed by atoms with Gasteiger partial charge in [0.1, 0.15) is 5.82 Å². The molecular formula is C34H47N3O5. The van der Waals surface area contributed by atoms with Crippen LogP contribution in [-0.4, -0.2) is 54.2 Å². The standard InChI is InChI=1S/C34H47N3O5/c1-34(2,3)33(40)42-24-41-31(39)13-7-11-28(26-9-5-4-6-10-26)23-25-18-21-37(22-19-25)30(38)17-16-29-15-14-27-12-8-20-35-32(27)36-29/h4-6,9-10,14-15,25,28H,7-8,11-13,16-24H2,1-3H3,(H,35,36). The minimum Gasteiger partial charge on any atom is -0.428 e. The molecule has 8 nitrogen and oxygen atoms in total. The summed E-state index contributed by atoms with van der Waals surface area (Å²) >= 11 is 0. The molecule has 228 valence electrons. The van der Waals surface area contributed by atoms with E-state index in [1.807, 2.05) is 11.0 Å². The lowest BCUT2D eigenvalue weighted by Gasteiger charge is -2.34. The Morgan fingerprint density at radius 2 is 1.79 bits per heavy atom. The number of fused-ring (bicyclic) bond motifs is 1. The molecule has 42 heavy (non-hydrogen) atoms. The summed E-state index contributed by atoms with van der Waals surface area (Å²) in [5, 5.41) is 3.37. The van der Waals surface area contributed by atoms with Crippen LogP contribution in [0.2, 0.25) is 0 Å². The average Bonchev–Trinajstić information content (AvgIpc) is 2.99. The molecule has 1 atom stereocenters. The van der Waals surface area contributed by atoms with Gasteiger partial charge in [-0.2, -0.15) is 0 Å². The predicted molar refractivity (Wildman–Crippen MR) is 163 cm³/mol. The topological polar surface area (TPSA) is 97.8 Å². The Labute approximate surface area is 250 Å². The number of aromatic nitrogens is 1. The van der Waals surface area contributed by atoms with Gasteiger partial charge in [0.2, 0.25) is 12.7 Å². The quantitative estimate of drug-likeness (QED) is 0.242. The zero-order valence-corrected chi connectivity index (χ0v) is 25.5. The molecule has 0 bridgehead atoms. The SMILES string of the molecule is CC(C)(C)C(=O)OCOC(=O)CCCC(CC1CCN(C(=O)CCc2ccc3c(n2)NCCC3)CC1)c1ccccc1. The summed E-state index contributed by atoms with van der Waals surface area (Å²) in [5.74, 6) is 1.34. The maximum atomic E-state index is 13.0. The molecule has 2 aliphatic rings. The maximum Gasteiger partial charge on any atom is 0.314 e. The smallest absolute Gasteiger partial charge is 0.314 e. The molecule has 0 spiro atoms. The van der Waals surface area contributed by atoms with Crippen LogP contribution in [0.4, 0.5) is 5.82 Å². The number of piperidine rings is 1. The van der Waals surface area contributed by atoms with Crippen molar-refractivity contribution in [3.8, 4) is 0 Å². The number of benzene rings is 1. The Hall–Kier alpha value is -3.42. The van der Waals surface area contributed by atoms with E-state index < -0.39 is 11.4 Å². The van der Waals surface area contributed by atoms with Crippen molar-refractivity contribution in [3.63, 3.8) is 0 Å². The van der Waals surface area contributed by atoms with E-state index >= 15 is 0 Å². The summed E-state index contributed by atoms with van der Waals surface area (Å²) in [6, 6.07) is 14.7. The van der Waals surface area contributed by atoms with Gasteiger partial charge in [0.25, 0.3) is 0 Å². The molecule has 8 heteroatoms. The van der Waals surface area contributed by atoms with Crippen LogP contribution in [0.3, 0.4) is 0 Å². The third-order valence-corrected chi connectivity index (χ3v) is 8.36. The van der Waals surface area contributed by atoms with Crippen molar-refractivity contribution in [2.24, 2.45) is 11.3 Å². The van der Waals surface area contributed by atoms with Gasteiger partial charge in [-0.15, -0.1) is 0 Å². The zero-order valence-electron chi connectivity index (χ0n) is 25.5. The molecule has 0 saturated carbocycles. The Kier molecular flexibility index (Phi) is 11.4. The van der Waals surface area contributed by atoms with Crippen LogP contribution in [0.25, 0.3) is 0 Å². The lowest BCUT2D eigenvalue weighted by molar-refractivity contribution is -0.173. The van der Waals surface area contributed by atoms with Crippen molar-refractivity contribution in [1.29, 1.82) is 0 Å². The fourth-order valence-electron chi connectivity index (χ4n) is 5.80. The first-order valence-electron chi connectivity index (χ1n) is 15.6. The number of aryl methyl sites for hydroxylation is 2. The summed E-state index contributed by atoms with van der Waals surface area (Å²) < 4.78 is 10.2. The summed E-state index contributed by atoms with van der Waals surface area (Å²) in [7, 11) is 0. The monoisotopic (exact) mass is 577 g/mol. The van der Waals surface area contributed by atoms with Gasteiger partial charge in [0.15, 0.2) is 0 Å². The van der Waals surface area contributed by atoms with Crippen molar-refractivity contribution in [2.75, 3.05) is 31.7 Å². The second-order valence-electron chi connectivity index (χ2n) is 12.7. The number of hydrogen-bond donors (Lipinski definition) is 1. The van der Waals surface area contributed by atoms with Crippen molar-refractivity contribution in [3.05, 3.63) is 59.3 Å². The van der Waals surface area contributed by atoms with Crippen LogP contribution in [0.1, 0.15) is 94.9 Å². The van der Waals surface area contributed by atoms with Crippen molar-refractivity contribution < 1.29 is 23.9 Å². The van der Waals surface area contributed by atoms with Gasteiger partial charge in [0, 0.05) is 38.2 Å². The summed E-state index contributed by atoms with van der Waals surface area (Å²) in [5.41, 5.74) is 2.91. The summed E-state index contributed by atoms with van der Waals surface area (Å²) in [6.07, 6.45) is 8.28. The second-order valence-corrected chi connectivity index (χ2v) is 12.7. The van der Waals surface area contributed by atoms with E-state index in [4.69, 9.17) is 14.5 Å². The third-order valence-electron chi connectivity index (χ3n) is 8.36. The first-order chi connectivity index (χ1) is 20.2. The number of anilines is 1. The molecule has 1 amide bonds. The third kappa shape index (κ3) is 9.57. The van der Waals surface area contributed by atoms with Gasteiger partial charge in [-0.05, 0) is 101 Å². The van der Waals surface area contributed by atoms with E-state index in [9.17, 15) is 14.4 Å². The Balaban J connectivity index is 1.19. The van der Waals surface area contributed by atoms with E-state index in [2.05, 4.69) is 41.7 Å². The van der Waals surface area contributed by atoms with E-state index in [-0.39, 0.29) is 18.7 Å². The fourth-order valence-corrected chi connectivity index (χ4v) is 5.80. The van der Waals surface area contributed by atoms with Crippen LogP contribution < -0.4 is 5.32 Å². The Morgan fingerprint density at radius 3 is 2.52 bits per heavy atom. The van der Waals surface area contributed by atoms with Crippen LogP contribution in [0, 0.1) is 11.3 Å². The van der Waals surface area contributed by atoms with Gasteiger partial charge in [0.05, 0.1) is 5.41 Å². The zero-order chi connectivity index (χ0) is 30.0. The number of rotatable bonds is 12. The number of likely N-dealkylation sites (tertiary alicyclic amines) is 1. The summed E-state index contributed by atoms with van der Waals surface area (Å²) in [6.45, 7) is 7.49. The molecule has 1 unspecified atom stereocenters. The van der Waals surface area contributed by atoms with Gasteiger partial charge in [-0.25, -0.2) is 4.98 Å². The molecular weight excluding hydrogens is 530 g/mol. The van der Waals surface area contributed by atoms with Crippen molar-refractivity contribution >= 4 is 23.7 Å². The molecule has 3 heterocycles. The van der Waals surface area contributed by atoms with Crippen molar-refractivity contribution in [2.45, 2.75) is 90.9 Å². The molecule has 1 saturated heterocycles. The number of hydrogen-bond acceptors (Lipinski definition) is 7. The number of ether oxygens (including phenoxy) is 2. The molecule has 2 aromatic rings. The number of pyridine rings is 1. The Morgan fingerprint density at radius 1 is 1.02 bits per heavy atom. The fraction of sp³-hybridized carbons (Fsp3) is 0.588. The van der Waals surface area contributed by atoms with Crippen LogP contribution in [-0.2, 0) is 36.7 Å². The first kappa shape index (κ1) is 31.5. The highest BCUT2D eigenvalue weighted by Crippen LogP contribution is 2.33. The lowest BCUT2D eigenvalue weighted by atomic mass is 9.81. The normalized spacial score (nSPS) is 16.2. The predicted octanol–water partition coefficient (Wildman–Crippen LogP) is 6.05. The lowest BCUT2D eigenvalue weighted by Crippen LogP contribution is -2.38. The largest absolute Gasteiger partial charge is 0.428 e. The second kappa shape index (κ2) is 15.2. The minimum atomic E-state index is -0.629. The highest BCUT2D eigenvalue weighted by molar-refractivity contribution is 5.76.